The summed E-state index contributed by atoms with van der Waals surface area (Å²) >= 11 is 5.51. The maximum absolute atomic E-state index is 5.51. The Labute approximate surface area is 151 Å². The van der Waals surface area contributed by atoms with Gasteiger partial charge < -0.3 is 4.98 Å². The average molecular weight is 348 g/mol. The van der Waals surface area contributed by atoms with Crippen LogP contribution in [0.2, 0.25) is 0 Å². The molecule has 0 bridgehead atoms. The van der Waals surface area contributed by atoms with Crippen LogP contribution in [0.4, 0.5) is 0 Å². The number of benzene rings is 2. The van der Waals surface area contributed by atoms with Gasteiger partial charge in [0.05, 0.1) is 5.69 Å². The minimum Gasteiger partial charge on any atom is -0.358 e. The van der Waals surface area contributed by atoms with Gasteiger partial charge in [-0.2, -0.15) is 5.10 Å². The van der Waals surface area contributed by atoms with Gasteiger partial charge in [-0.3, -0.25) is 9.67 Å². The van der Waals surface area contributed by atoms with Crippen molar-refractivity contribution in [3.05, 3.63) is 75.4 Å². The highest BCUT2D eigenvalue weighted by Gasteiger charge is 2.15. The van der Waals surface area contributed by atoms with Crippen LogP contribution in [0.15, 0.2) is 42.5 Å². The number of nitrogens with zero attached hydrogens (tertiary/aromatic N) is 2. The molecular formula is C20H20N4S. The fraction of sp³-hybridized carbons (Fsp3) is 0.200. The Morgan fingerprint density at radius 3 is 2.68 bits per heavy atom. The molecule has 0 aliphatic rings. The molecule has 4 aromatic rings. The van der Waals surface area contributed by atoms with E-state index < -0.39 is 0 Å². The molecule has 4 nitrogen and oxygen atoms in total. The number of para-hydroxylation sites is 1. The van der Waals surface area contributed by atoms with Crippen molar-refractivity contribution < 1.29 is 0 Å². The van der Waals surface area contributed by atoms with Crippen LogP contribution in [0.25, 0.3) is 16.6 Å². The van der Waals surface area contributed by atoms with Gasteiger partial charge in [0.2, 0.25) is 0 Å². The first-order chi connectivity index (χ1) is 12.0. The largest absolute Gasteiger partial charge is 0.358 e. The van der Waals surface area contributed by atoms with E-state index >= 15 is 0 Å². The fourth-order valence-corrected chi connectivity index (χ4v) is 3.72. The van der Waals surface area contributed by atoms with Gasteiger partial charge >= 0.3 is 0 Å². The summed E-state index contributed by atoms with van der Waals surface area (Å²) in [6.45, 7) is 6.32. The van der Waals surface area contributed by atoms with E-state index in [9.17, 15) is 0 Å². The van der Waals surface area contributed by atoms with E-state index in [1.54, 1.807) is 0 Å². The molecule has 25 heavy (non-hydrogen) atoms. The number of aryl methyl sites for hydroxylation is 3. The lowest BCUT2D eigenvalue weighted by Crippen LogP contribution is -2.05. The summed E-state index contributed by atoms with van der Waals surface area (Å²) in [5.74, 6) is 0.921. The van der Waals surface area contributed by atoms with Crippen molar-refractivity contribution in [2.24, 2.45) is 0 Å². The number of fused-ring (bicyclic) bond motifs is 1. The SMILES string of the molecule is Cc1ccc(-n2c(Cc3c(C)[nH]c4ccccc34)n[nH]c2=S)c(C)c1. The van der Waals surface area contributed by atoms with Crippen molar-refractivity contribution in [2.75, 3.05) is 0 Å². The maximum atomic E-state index is 5.51. The van der Waals surface area contributed by atoms with E-state index in [1.165, 1.54) is 27.8 Å². The maximum Gasteiger partial charge on any atom is 0.199 e. The highest BCUT2D eigenvalue weighted by atomic mass is 32.1. The molecule has 0 spiro atoms. The zero-order valence-corrected chi connectivity index (χ0v) is 15.4. The predicted octanol–water partition coefficient (Wildman–Crippen LogP) is 4.93. The Bertz CT molecular complexity index is 1130. The van der Waals surface area contributed by atoms with Gasteiger partial charge in [0.15, 0.2) is 4.77 Å². The topological polar surface area (TPSA) is 49.4 Å². The molecule has 0 fully saturated rings. The highest BCUT2D eigenvalue weighted by Crippen LogP contribution is 2.25. The van der Waals surface area contributed by atoms with Crippen molar-refractivity contribution >= 4 is 23.1 Å². The molecule has 5 heteroatoms. The predicted molar refractivity (Wildman–Crippen MR) is 104 cm³/mol. The molecule has 2 N–H and O–H groups in total. The van der Waals surface area contributed by atoms with Crippen molar-refractivity contribution in [3.63, 3.8) is 0 Å². The molecule has 0 atom stereocenters. The highest BCUT2D eigenvalue weighted by molar-refractivity contribution is 7.71. The number of nitrogens with one attached hydrogen (secondary N) is 2. The van der Waals surface area contributed by atoms with Crippen LogP contribution in [-0.2, 0) is 6.42 Å². The number of hydrogen-bond donors (Lipinski definition) is 2. The Balaban J connectivity index is 1.85. The normalized spacial score (nSPS) is 11.3. The zero-order valence-electron chi connectivity index (χ0n) is 14.6. The monoisotopic (exact) mass is 348 g/mol. The third kappa shape index (κ3) is 2.70. The minimum absolute atomic E-state index is 0.624. The zero-order chi connectivity index (χ0) is 17.6. The van der Waals surface area contributed by atoms with Gasteiger partial charge in [-0.15, -0.1) is 0 Å². The molecule has 0 unspecified atom stereocenters. The molecule has 2 aromatic carbocycles. The summed E-state index contributed by atoms with van der Waals surface area (Å²) in [5.41, 5.74) is 7.09. The second-order valence-electron chi connectivity index (χ2n) is 6.52. The molecule has 0 radical (unpaired) electrons. The summed E-state index contributed by atoms with van der Waals surface area (Å²) in [5, 5.41) is 8.71. The fourth-order valence-electron chi connectivity index (χ4n) is 3.47. The molecule has 2 heterocycles. The van der Waals surface area contributed by atoms with Crippen LogP contribution in [0.5, 0.6) is 0 Å². The van der Waals surface area contributed by atoms with Crippen LogP contribution >= 0.6 is 12.2 Å². The standard InChI is InChI=1S/C20H20N4S/c1-12-8-9-18(13(2)10-12)24-19(22-23-20(24)25)11-16-14(3)21-17-7-5-4-6-15(16)17/h4-10,21H,11H2,1-3H3,(H,23,25). The van der Waals surface area contributed by atoms with E-state index in [0.29, 0.717) is 4.77 Å². The first-order valence-corrected chi connectivity index (χ1v) is 8.75. The van der Waals surface area contributed by atoms with Crippen LogP contribution < -0.4 is 0 Å². The molecule has 4 rings (SSSR count). The van der Waals surface area contributed by atoms with Gasteiger partial charge in [-0.1, -0.05) is 35.9 Å². The van der Waals surface area contributed by atoms with Gasteiger partial charge in [0.25, 0.3) is 0 Å². The lowest BCUT2D eigenvalue weighted by molar-refractivity contribution is 0.894. The molecule has 2 aromatic heterocycles. The van der Waals surface area contributed by atoms with Gasteiger partial charge in [-0.05, 0) is 56.2 Å². The Hall–Kier alpha value is -2.66. The van der Waals surface area contributed by atoms with Crippen molar-refractivity contribution in [1.29, 1.82) is 0 Å². The van der Waals surface area contributed by atoms with E-state index in [4.69, 9.17) is 12.2 Å². The second kappa shape index (κ2) is 6.01. The van der Waals surface area contributed by atoms with Crippen LogP contribution in [0.3, 0.4) is 0 Å². The van der Waals surface area contributed by atoms with E-state index in [0.717, 1.165) is 23.4 Å². The smallest absolute Gasteiger partial charge is 0.199 e. The second-order valence-corrected chi connectivity index (χ2v) is 6.91. The van der Waals surface area contributed by atoms with Gasteiger partial charge in [0.1, 0.15) is 5.82 Å². The van der Waals surface area contributed by atoms with E-state index in [2.05, 4.69) is 72.4 Å². The van der Waals surface area contributed by atoms with Gasteiger partial charge in [0, 0.05) is 23.0 Å². The molecule has 0 saturated heterocycles. The molecule has 0 saturated carbocycles. The third-order valence-electron chi connectivity index (χ3n) is 4.70. The Kier molecular flexibility index (Phi) is 3.81. The van der Waals surface area contributed by atoms with E-state index in [1.807, 2.05) is 10.6 Å². The molecular weight excluding hydrogens is 328 g/mol. The van der Waals surface area contributed by atoms with Crippen LogP contribution in [0, 0.1) is 25.5 Å². The lowest BCUT2D eigenvalue weighted by Gasteiger charge is -2.11. The lowest BCUT2D eigenvalue weighted by atomic mass is 10.1. The number of hydrogen-bond acceptors (Lipinski definition) is 2. The molecule has 0 aliphatic carbocycles. The van der Waals surface area contributed by atoms with Crippen LogP contribution in [0.1, 0.15) is 28.2 Å². The Morgan fingerprint density at radius 2 is 1.88 bits per heavy atom. The summed E-state index contributed by atoms with van der Waals surface area (Å²) in [6.07, 6.45) is 0.719. The third-order valence-corrected chi connectivity index (χ3v) is 4.97. The molecule has 126 valence electrons. The summed E-state index contributed by atoms with van der Waals surface area (Å²) in [7, 11) is 0. The first kappa shape index (κ1) is 15.8. The summed E-state index contributed by atoms with van der Waals surface area (Å²) in [6, 6.07) is 14.8. The summed E-state index contributed by atoms with van der Waals surface area (Å²) in [4.78, 5) is 3.46. The van der Waals surface area contributed by atoms with Gasteiger partial charge in [-0.25, -0.2) is 0 Å². The molecule has 0 amide bonds. The number of rotatable bonds is 3. The van der Waals surface area contributed by atoms with Crippen molar-refractivity contribution in [3.8, 4) is 5.69 Å². The minimum atomic E-state index is 0.624. The number of aromatic amines is 2. The number of aromatic nitrogens is 4. The molecule has 0 aliphatic heterocycles. The van der Waals surface area contributed by atoms with Crippen LogP contribution in [-0.4, -0.2) is 19.7 Å². The summed E-state index contributed by atoms with van der Waals surface area (Å²) < 4.78 is 2.67. The quantitative estimate of drug-likeness (QED) is 0.516. The number of H-pyrrole nitrogens is 2. The van der Waals surface area contributed by atoms with Crippen molar-refractivity contribution in [1.82, 2.24) is 19.7 Å². The first-order valence-electron chi connectivity index (χ1n) is 8.34. The van der Waals surface area contributed by atoms with E-state index in [-0.39, 0.29) is 0 Å². The Morgan fingerprint density at radius 1 is 1.08 bits per heavy atom. The van der Waals surface area contributed by atoms with Crippen molar-refractivity contribution in [2.45, 2.75) is 27.2 Å². The average Bonchev–Trinajstić information content (AvgIpc) is 3.09.